The molecule has 0 unspecified atom stereocenters. The van der Waals surface area contributed by atoms with Gasteiger partial charge in [-0.2, -0.15) is 0 Å². The minimum absolute atomic E-state index is 0. The maximum Gasteiger partial charge on any atom is 0.220 e. The summed E-state index contributed by atoms with van der Waals surface area (Å²) in [4.78, 5) is 14.5. The van der Waals surface area contributed by atoms with Gasteiger partial charge in [0, 0.05) is 25.6 Å². The molecule has 0 bridgehead atoms. The summed E-state index contributed by atoms with van der Waals surface area (Å²) >= 11 is 0. The number of aryl methyl sites for hydroxylation is 1. The van der Waals surface area contributed by atoms with E-state index >= 15 is 0 Å². The number of carbonyl (C=O) groups excluding carboxylic acids is 1. The Morgan fingerprint density at radius 3 is 1.98 bits per heavy atom. The molecule has 2 aromatic rings. The number of ether oxygens (including phenoxy) is 1. The maximum absolute atomic E-state index is 12.5. The molecule has 0 aliphatic heterocycles. The minimum Gasteiger partial charge on any atom is -1.00 e. The molecule has 0 atom stereocenters. The Hall–Kier alpha value is -1.63. The number of hydrogen-bond acceptors (Lipinski definition) is 2. The molecule has 0 aliphatic carbocycles. The lowest BCUT2D eigenvalue weighted by Crippen LogP contribution is -3.00. The Balaban J connectivity index is 0.00000800. The number of pyridine rings is 1. The van der Waals surface area contributed by atoms with E-state index in [-0.39, 0.29) is 35.3 Å². The van der Waals surface area contributed by atoms with E-state index in [4.69, 9.17) is 4.74 Å². The van der Waals surface area contributed by atoms with Crippen LogP contribution in [-0.2, 0) is 29.8 Å². The quantitative estimate of drug-likeness (QED) is 0.106. The largest absolute Gasteiger partial charge is 1.00 e. The summed E-state index contributed by atoms with van der Waals surface area (Å²) in [5, 5.41) is 0. The molecule has 0 N–H and O–H groups in total. The summed E-state index contributed by atoms with van der Waals surface area (Å²) in [6.07, 6.45) is 18.3. The Morgan fingerprint density at radius 1 is 0.825 bits per heavy atom. The molecule has 2 rings (SSSR count). The van der Waals surface area contributed by atoms with Crippen molar-refractivity contribution >= 4 is 5.91 Å². The first-order valence-electron chi connectivity index (χ1n) is 15.7. The molecule has 0 radical (unpaired) electrons. The van der Waals surface area contributed by atoms with Crippen LogP contribution in [0.2, 0.25) is 0 Å². The molecule has 1 aromatic heterocycles. The average Bonchev–Trinajstić information content (AvgIpc) is 2.91. The first-order chi connectivity index (χ1) is 18.8. The maximum atomic E-state index is 12.5. The van der Waals surface area contributed by atoms with Crippen LogP contribution in [0.25, 0.3) is 0 Å². The van der Waals surface area contributed by atoms with Gasteiger partial charge in [-0.3, -0.25) is 4.79 Å². The highest BCUT2D eigenvalue weighted by Crippen LogP contribution is 2.33. The molecule has 40 heavy (non-hydrogen) atoms. The Morgan fingerprint density at radius 2 is 1.43 bits per heavy atom. The van der Waals surface area contributed by atoms with Crippen LogP contribution in [0.15, 0.2) is 42.6 Å². The van der Waals surface area contributed by atoms with Crippen molar-refractivity contribution in [2.75, 3.05) is 6.61 Å². The monoisotopic (exact) mass is 664 g/mol. The van der Waals surface area contributed by atoms with Crippen LogP contribution in [0.3, 0.4) is 0 Å². The summed E-state index contributed by atoms with van der Waals surface area (Å²) in [7, 11) is 0. The fourth-order valence-corrected chi connectivity index (χ4v) is 5.17. The van der Waals surface area contributed by atoms with E-state index in [0.29, 0.717) is 13.1 Å². The number of rotatable bonds is 19. The van der Waals surface area contributed by atoms with Gasteiger partial charge < -0.3 is 33.6 Å². The zero-order valence-corrected chi connectivity index (χ0v) is 28.6. The van der Waals surface area contributed by atoms with Crippen molar-refractivity contribution in [2.45, 2.75) is 144 Å². The van der Waals surface area contributed by atoms with Crippen molar-refractivity contribution in [1.82, 2.24) is 4.90 Å². The molecular weight excluding hydrogens is 607 g/mol. The number of hydrogen-bond donors (Lipinski definition) is 0. The molecule has 5 heteroatoms. The standard InChI is InChI=1S/C35H57N2O2.HI/c1-7-9-10-11-12-13-14-15-16-17-18-21-26-39-34-24-23-31(27-33(34)35(4,5)6)28-37(30(3)38)29-32-22-19-20-25-36(32)8-2;/h19-20,22-25,27H,7-18,21,26,28-29H2,1-6H3;1H/q+1;/p-1. The van der Waals surface area contributed by atoms with E-state index in [1.54, 1.807) is 6.92 Å². The summed E-state index contributed by atoms with van der Waals surface area (Å²) in [6.45, 7) is 15.6. The van der Waals surface area contributed by atoms with E-state index in [9.17, 15) is 4.79 Å². The Kier molecular flexibility index (Phi) is 18.5. The summed E-state index contributed by atoms with van der Waals surface area (Å²) in [5.41, 5.74) is 3.47. The number of amides is 1. The van der Waals surface area contributed by atoms with Gasteiger partial charge in [-0.1, -0.05) is 110 Å². The van der Waals surface area contributed by atoms with E-state index in [1.807, 2.05) is 17.0 Å². The van der Waals surface area contributed by atoms with Crippen LogP contribution in [0.5, 0.6) is 5.75 Å². The van der Waals surface area contributed by atoms with Crippen LogP contribution in [0.4, 0.5) is 0 Å². The Bertz CT molecular complexity index is 970. The zero-order valence-electron chi connectivity index (χ0n) is 26.4. The molecule has 0 saturated carbocycles. The first kappa shape index (κ1) is 36.4. The van der Waals surface area contributed by atoms with E-state index in [2.05, 4.69) is 69.6 Å². The normalized spacial score (nSPS) is 11.2. The fraction of sp³-hybridized carbons (Fsp3) is 0.657. The zero-order chi connectivity index (χ0) is 28.5. The van der Waals surface area contributed by atoms with Gasteiger partial charge in [0.1, 0.15) is 18.8 Å². The number of benzene rings is 1. The smallest absolute Gasteiger partial charge is 0.220 e. The fourth-order valence-electron chi connectivity index (χ4n) is 5.17. The Labute approximate surface area is 263 Å². The molecule has 4 nitrogen and oxygen atoms in total. The number of aromatic nitrogens is 1. The minimum atomic E-state index is -0.0341. The summed E-state index contributed by atoms with van der Waals surface area (Å²) in [6, 6.07) is 12.7. The molecule has 0 saturated heterocycles. The van der Waals surface area contributed by atoms with Crippen molar-refractivity contribution in [3.8, 4) is 5.75 Å². The second kappa shape index (κ2) is 20.3. The molecule has 0 aliphatic rings. The lowest BCUT2D eigenvalue weighted by molar-refractivity contribution is -0.701. The van der Waals surface area contributed by atoms with E-state index in [0.717, 1.165) is 36.6 Å². The van der Waals surface area contributed by atoms with Gasteiger partial charge in [-0.25, -0.2) is 4.57 Å². The molecule has 1 amide bonds. The predicted octanol–water partition coefficient (Wildman–Crippen LogP) is 5.92. The number of carbonyl (C=O) groups is 1. The molecule has 226 valence electrons. The molecule has 0 spiro atoms. The lowest BCUT2D eigenvalue weighted by atomic mass is 9.85. The third kappa shape index (κ3) is 13.8. The van der Waals surface area contributed by atoms with Crippen molar-refractivity contribution in [1.29, 1.82) is 0 Å². The van der Waals surface area contributed by atoms with Crippen molar-refractivity contribution < 1.29 is 38.1 Å². The predicted molar refractivity (Wildman–Crippen MR) is 164 cm³/mol. The highest BCUT2D eigenvalue weighted by atomic mass is 127. The summed E-state index contributed by atoms with van der Waals surface area (Å²) < 4.78 is 8.50. The van der Waals surface area contributed by atoms with Gasteiger partial charge in [0.05, 0.1) is 6.61 Å². The van der Waals surface area contributed by atoms with Gasteiger partial charge in [0.15, 0.2) is 6.20 Å². The molecular formula is C35H57IN2O2. The molecule has 1 aromatic carbocycles. The topological polar surface area (TPSA) is 33.4 Å². The van der Waals surface area contributed by atoms with Gasteiger partial charge in [0.25, 0.3) is 0 Å². The second-order valence-corrected chi connectivity index (χ2v) is 12.2. The van der Waals surface area contributed by atoms with Crippen LogP contribution in [0, 0.1) is 0 Å². The molecule has 1 heterocycles. The molecule has 0 fully saturated rings. The van der Waals surface area contributed by atoms with Crippen LogP contribution in [0.1, 0.15) is 135 Å². The highest BCUT2D eigenvalue weighted by Gasteiger charge is 2.22. The second-order valence-electron chi connectivity index (χ2n) is 12.2. The highest BCUT2D eigenvalue weighted by molar-refractivity contribution is 5.73. The number of unbranched alkanes of at least 4 members (excludes halogenated alkanes) is 11. The van der Waals surface area contributed by atoms with Gasteiger partial charge in [-0.05, 0) is 42.0 Å². The van der Waals surface area contributed by atoms with Crippen molar-refractivity contribution in [2.24, 2.45) is 0 Å². The van der Waals surface area contributed by atoms with Gasteiger partial charge in [-0.15, -0.1) is 0 Å². The van der Waals surface area contributed by atoms with E-state index in [1.165, 1.54) is 76.2 Å². The first-order valence-corrected chi connectivity index (χ1v) is 15.7. The van der Waals surface area contributed by atoms with Crippen molar-refractivity contribution in [3.05, 3.63) is 59.4 Å². The lowest BCUT2D eigenvalue weighted by Gasteiger charge is -2.25. The SMILES string of the molecule is CCCCCCCCCCCCCCOc1ccc(CN(Cc2cccc[n+]2CC)C(C)=O)cc1C(C)(C)C.[I-]. The van der Waals surface area contributed by atoms with Crippen LogP contribution < -0.4 is 33.3 Å². The van der Waals surface area contributed by atoms with E-state index < -0.39 is 0 Å². The van der Waals surface area contributed by atoms with Crippen molar-refractivity contribution in [3.63, 3.8) is 0 Å². The van der Waals surface area contributed by atoms with Gasteiger partial charge >= 0.3 is 0 Å². The average molecular weight is 665 g/mol. The number of nitrogens with zero attached hydrogens (tertiary/aromatic N) is 2. The third-order valence-electron chi connectivity index (χ3n) is 7.65. The summed E-state index contributed by atoms with van der Waals surface area (Å²) in [5.74, 6) is 1.07. The van der Waals surface area contributed by atoms with Gasteiger partial charge in [0.2, 0.25) is 11.6 Å². The van der Waals surface area contributed by atoms with Crippen LogP contribution >= 0.6 is 0 Å². The number of halogens is 1. The third-order valence-corrected chi connectivity index (χ3v) is 7.65. The van der Waals surface area contributed by atoms with Crippen LogP contribution in [-0.4, -0.2) is 17.4 Å².